The molecule has 5 nitrogen and oxygen atoms in total. The maximum Gasteiger partial charge on any atom is 0.232 e. The Morgan fingerprint density at radius 3 is 2.81 bits per heavy atom. The molecule has 2 aromatic rings. The van der Waals surface area contributed by atoms with E-state index in [1.807, 2.05) is 31.2 Å². The fourth-order valence-corrected chi connectivity index (χ4v) is 2.95. The molecule has 0 spiro atoms. The summed E-state index contributed by atoms with van der Waals surface area (Å²) in [7, 11) is 0. The zero-order chi connectivity index (χ0) is 17.8. The third kappa shape index (κ3) is 4.39. The van der Waals surface area contributed by atoms with Crippen molar-refractivity contribution in [3.05, 3.63) is 59.4 Å². The zero-order valence-electron chi connectivity index (χ0n) is 14.3. The van der Waals surface area contributed by atoms with Gasteiger partial charge in [0.25, 0.3) is 0 Å². The Balaban J connectivity index is 0.00000243. The predicted octanol–water partition coefficient (Wildman–Crippen LogP) is 3.42. The fraction of sp³-hybridized carbons (Fsp3) is 0.263. The van der Waals surface area contributed by atoms with E-state index in [0.29, 0.717) is 23.5 Å². The van der Waals surface area contributed by atoms with Crippen LogP contribution in [0.1, 0.15) is 30.4 Å². The van der Waals surface area contributed by atoms with Crippen molar-refractivity contribution in [2.45, 2.75) is 25.8 Å². The first-order valence-corrected chi connectivity index (χ1v) is 8.27. The molecule has 1 heterocycles. The summed E-state index contributed by atoms with van der Waals surface area (Å²) in [4.78, 5) is 24.7. The van der Waals surface area contributed by atoms with Crippen molar-refractivity contribution in [2.75, 3.05) is 17.2 Å². The van der Waals surface area contributed by atoms with Gasteiger partial charge in [0.15, 0.2) is 0 Å². The highest BCUT2D eigenvalue weighted by molar-refractivity contribution is 6.05. The second-order valence-corrected chi connectivity index (χ2v) is 5.96. The van der Waals surface area contributed by atoms with E-state index >= 15 is 0 Å². The van der Waals surface area contributed by atoms with Crippen LogP contribution in [-0.4, -0.2) is 18.4 Å². The first kappa shape index (κ1) is 19.9. The van der Waals surface area contributed by atoms with Crippen molar-refractivity contribution in [1.82, 2.24) is 5.32 Å². The minimum atomic E-state index is -0.642. The second-order valence-electron chi connectivity index (χ2n) is 5.96. The number of hydrogen-bond acceptors (Lipinski definition) is 3. The number of rotatable bonds is 5. The van der Waals surface area contributed by atoms with Crippen molar-refractivity contribution in [2.24, 2.45) is 0 Å². The molecule has 0 aliphatic carbocycles. The Morgan fingerprint density at radius 1 is 1.27 bits per heavy atom. The third-order valence-corrected chi connectivity index (χ3v) is 4.21. The molecule has 0 bridgehead atoms. The lowest BCUT2D eigenvalue weighted by molar-refractivity contribution is -0.123. The van der Waals surface area contributed by atoms with E-state index in [9.17, 15) is 14.0 Å². The van der Waals surface area contributed by atoms with Crippen LogP contribution in [-0.2, 0) is 16.1 Å². The molecule has 0 saturated heterocycles. The molecular weight excluding hydrogens is 357 g/mol. The van der Waals surface area contributed by atoms with E-state index in [1.54, 1.807) is 6.07 Å². The summed E-state index contributed by atoms with van der Waals surface area (Å²) in [5, 5.41) is 8.76. The van der Waals surface area contributed by atoms with E-state index in [4.69, 9.17) is 0 Å². The van der Waals surface area contributed by atoms with E-state index < -0.39 is 11.7 Å². The normalized spacial score (nSPS) is 15.5. The van der Waals surface area contributed by atoms with Gasteiger partial charge in [0.2, 0.25) is 11.8 Å². The van der Waals surface area contributed by atoms with E-state index in [-0.39, 0.29) is 30.6 Å². The number of nitrogens with one attached hydrogen (secondary N) is 3. The van der Waals surface area contributed by atoms with Gasteiger partial charge < -0.3 is 16.0 Å². The van der Waals surface area contributed by atoms with Crippen molar-refractivity contribution in [1.29, 1.82) is 0 Å². The summed E-state index contributed by atoms with van der Waals surface area (Å²) in [6, 6.07) is 11.6. The highest BCUT2D eigenvalue weighted by Crippen LogP contribution is 2.33. The number of para-hydroxylation sites is 1. The Labute approximate surface area is 157 Å². The molecule has 2 aromatic carbocycles. The van der Waals surface area contributed by atoms with Crippen LogP contribution in [0.2, 0.25) is 0 Å². The Kier molecular flexibility index (Phi) is 6.71. The van der Waals surface area contributed by atoms with Crippen molar-refractivity contribution in [3.8, 4) is 0 Å². The number of benzene rings is 2. The van der Waals surface area contributed by atoms with Crippen LogP contribution in [0, 0.1) is 5.82 Å². The number of carbonyl (C=O) groups is 2. The van der Waals surface area contributed by atoms with Gasteiger partial charge in [-0.3, -0.25) is 9.59 Å². The summed E-state index contributed by atoms with van der Waals surface area (Å²) in [6.45, 7) is 3.47. The molecule has 1 atom stereocenters. The zero-order valence-corrected chi connectivity index (χ0v) is 15.2. The molecule has 138 valence electrons. The molecular formula is C19H21ClFN3O2. The van der Waals surface area contributed by atoms with Crippen molar-refractivity contribution >= 4 is 35.6 Å². The second kappa shape index (κ2) is 8.78. The largest absolute Gasteiger partial charge is 0.326 e. The monoisotopic (exact) mass is 377 g/mol. The number of anilines is 2. The van der Waals surface area contributed by atoms with E-state index in [2.05, 4.69) is 16.0 Å². The number of fused-ring (bicyclic) bond motifs is 1. The quantitative estimate of drug-likeness (QED) is 0.747. The fourth-order valence-electron chi connectivity index (χ4n) is 2.95. The van der Waals surface area contributed by atoms with Gasteiger partial charge in [-0.1, -0.05) is 31.2 Å². The SMILES string of the molecule is CCNCc1ccccc1NC(=O)C1CC(=O)Nc2cc(F)ccc21.Cl. The molecule has 3 rings (SSSR count). The van der Waals surface area contributed by atoms with Crippen LogP contribution in [0.5, 0.6) is 0 Å². The summed E-state index contributed by atoms with van der Waals surface area (Å²) in [6.07, 6.45) is 0.0415. The Morgan fingerprint density at radius 2 is 2.04 bits per heavy atom. The molecule has 7 heteroatoms. The number of hydrogen-bond donors (Lipinski definition) is 3. The standard InChI is InChI=1S/C19H20FN3O2.ClH/c1-2-21-11-12-5-3-4-6-16(12)23-19(25)15-10-18(24)22-17-9-13(20)7-8-14(15)17;/h3-9,15,21H,2,10-11H2,1H3,(H,22,24)(H,23,25);1H. The topological polar surface area (TPSA) is 70.2 Å². The van der Waals surface area contributed by atoms with E-state index in [1.165, 1.54) is 12.1 Å². The molecule has 0 radical (unpaired) electrons. The van der Waals surface area contributed by atoms with Gasteiger partial charge in [-0.25, -0.2) is 4.39 Å². The highest BCUT2D eigenvalue weighted by Gasteiger charge is 2.31. The first-order valence-electron chi connectivity index (χ1n) is 8.27. The first-order chi connectivity index (χ1) is 12.1. The number of halogens is 2. The molecule has 1 aliphatic rings. The molecule has 0 aromatic heterocycles. The summed E-state index contributed by atoms with van der Waals surface area (Å²) in [5.74, 6) is -1.65. The van der Waals surface area contributed by atoms with Crippen LogP contribution in [0.15, 0.2) is 42.5 Å². The maximum atomic E-state index is 13.4. The summed E-state index contributed by atoms with van der Waals surface area (Å²) < 4.78 is 13.4. The highest BCUT2D eigenvalue weighted by atomic mass is 35.5. The number of amides is 2. The van der Waals surface area contributed by atoms with Gasteiger partial charge in [0.1, 0.15) is 5.82 Å². The van der Waals surface area contributed by atoms with Crippen LogP contribution >= 0.6 is 12.4 Å². The molecule has 2 amide bonds. The van der Waals surface area contributed by atoms with Gasteiger partial charge in [0, 0.05) is 24.3 Å². The average Bonchev–Trinajstić information content (AvgIpc) is 2.59. The third-order valence-electron chi connectivity index (χ3n) is 4.21. The Hall–Kier alpha value is -2.44. The molecule has 3 N–H and O–H groups in total. The van der Waals surface area contributed by atoms with Crippen LogP contribution in [0.4, 0.5) is 15.8 Å². The average molecular weight is 378 g/mol. The van der Waals surface area contributed by atoms with Crippen LogP contribution in [0.3, 0.4) is 0 Å². The minimum Gasteiger partial charge on any atom is -0.326 e. The predicted molar refractivity (Wildman–Crippen MR) is 102 cm³/mol. The molecule has 0 saturated carbocycles. The van der Waals surface area contributed by atoms with E-state index in [0.717, 1.165) is 12.1 Å². The lowest BCUT2D eigenvalue weighted by Crippen LogP contribution is -2.31. The van der Waals surface area contributed by atoms with Gasteiger partial charge in [-0.05, 0) is 35.9 Å². The maximum absolute atomic E-state index is 13.4. The van der Waals surface area contributed by atoms with Crippen molar-refractivity contribution in [3.63, 3.8) is 0 Å². The van der Waals surface area contributed by atoms with Gasteiger partial charge in [-0.2, -0.15) is 0 Å². The van der Waals surface area contributed by atoms with Gasteiger partial charge >= 0.3 is 0 Å². The Bertz CT molecular complexity index is 813. The van der Waals surface area contributed by atoms with Crippen molar-refractivity contribution < 1.29 is 14.0 Å². The molecule has 1 unspecified atom stereocenters. The smallest absolute Gasteiger partial charge is 0.232 e. The summed E-state index contributed by atoms with van der Waals surface area (Å²) in [5.41, 5.74) is 2.67. The van der Waals surface area contributed by atoms with Gasteiger partial charge in [-0.15, -0.1) is 12.4 Å². The minimum absolute atomic E-state index is 0. The molecule has 26 heavy (non-hydrogen) atoms. The van der Waals surface area contributed by atoms with Gasteiger partial charge in [0.05, 0.1) is 5.92 Å². The number of carbonyl (C=O) groups excluding carboxylic acids is 2. The molecule has 0 fully saturated rings. The van der Waals surface area contributed by atoms with Crippen LogP contribution in [0.25, 0.3) is 0 Å². The summed E-state index contributed by atoms with van der Waals surface area (Å²) >= 11 is 0. The van der Waals surface area contributed by atoms with Crippen LogP contribution < -0.4 is 16.0 Å². The molecule has 1 aliphatic heterocycles. The lowest BCUT2D eigenvalue weighted by atomic mass is 9.89. The lowest BCUT2D eigenvalue weighted by Gasteiger charge is -2.25.